The number of aliphatic hydroxyl groups excluding tert-OH is 1. The molecule has 0 aliphatic heterocycles. The lowest BCUT2D eigenvalue weighted by atomic mass is 9.76. The van der Waals surface area contributed by atoms with Gasteiger partial charge in [-0.1, -0.05) is 48.0 Å². The van der Waals surface area contributed by atoms with E-state index in [1.165, 1.54) is 10.5 Å². The molecule has 164 valence electrons. The first kappa shape index (κ1) is 23.9. The molecule has 2 rings (SSSR count). The zero-order chi connectivity index (χ0) is 22.0. The summed E-state index contributed by atoms with van der Waals surface area (Å²) < 4.78 is 0. The molecule has 0 aromatic heterocycles. The van der Waals surface area contributed by atoms with E-state index in [2.05, 4.69) is 10.0 Å². The van der Waals surface area contributed by atoms with E-state index in [1.54, 1.807) is 14.1 Å². The number of carbonyl (C=O) groups excluding carboxylic acids is 1. The number of hydrogen-bond acceptors (Lipinski definition) is 4. The number of benzene rings is 1. The quantitative estimate of drug-likeness (QED) is 0.191. The van der Waals surface area contributed by atoms with Crippen LogP contribution in [0.3, 0.4) is 0 Å². The van der Waals surface area contributed by atoms with Crippen LogP contribution in [-0.2, 0) is 11.2 Å². The number of unbranched alkanes of at least 4 members (excludes halogenated alkanes) is 1. The van der Waals surface area contributed by atoms with Crippen LogP contribution in [0.5, 0.6) is 0 Å². The van der Waals surface area contributed by atoms with Crippen molar-refractivity contribution in [3.8, 4) is 0 Å². The number of rotatable bonds is 10. The van der Waals surface area contributed by atoms with E-state index in [0.29, 0.717) is 24.9 Å². The van der Waals surface area contributed by atoms with Crippen LogP contribution in [0.1, 0.15) is 56.9 Å². The maximum absolute atomic E-state index is 12.0. The average Bonchev–Trinajstić information content (AvgIpc) is 2.71. The summed E-state index contributed by atoms with van der Waals surface area (Å²) in [6, 6.07) is 7.55. The molecule has 3 unspecified atom stereocenters. The van der Waals surface area contributed by atoms with Crippen LogP contribution in [0.15, 0.2) is 41.5 Å². The highest BCUT2D eigenvalue weighted by Crippen LogP contribution is 2.36. The predicted octanol–water partition coefficient (Wildman–Crippen LogP) is 4.66. The van der Waals surface area contributed by atoms with Gasteiger partial charge in [0.25, 0.3) is 0 Å². The minimum Gasteiger partial charge on any atom is -0.389 e. The molecule has 1 aliphatic rings. The summed E-state index contributed by atoms with van der Waals surface area (Å²) in [6.07, 6.45) is 10.1. The third kappa shape index (κ3) is 8.19. The van der Waals surface area contributed by atoms with Gasteiger partial charge in [0.05, 0.1) is 18.1 Å². The van der Waals surface area contributed by atoms with E-state index < -0.39 is 11.7 Å². The summed E-state index contributed by atoms with van der Waals surface area (Å²) in [6.45, 7) is 0. The molecule has 1 saturated carbocycles. The molecule has 0 spiro atoms. The molecule has 0 radical (unpaired) electrons. The Morgan fingerprint density at radius 3 is 2.77 bits per heavy atom. The Morgan fingerprint density at radius 2 is 2.10 bits per heavy atom. The van der Waals surface area contributed by atoms with Gasteiger partial charge < -0.3 is 15.1 Å². The lowest BCUT2D eigenvalue weighted by Crippen LogP contribution is -2.40. The molecule has 30 heavy (non-hydrogen) atoms. The first-order valence-corrected chi connectivity index (χ1v) is 10.7. The Morgan fingerprint density at radius 1 is 1.37 bits per heavy atom. The summed E-state index contributed by atoms with van der Waals surface area (Å²) in [7, 11) is 3.42. The normalized spacial score (nSPS) is 22.5. The zero-order valence-electron chi connectivity index (χ0n) is 18.1. The van der Waals surface area contributed by atoms with Gasteiger partial charge in [-0.3, -0.25) is 4.79 Å². The van der Waals surface area contributed by atoms with Gasteiger partial charge in [-0.15, -0.1) is 0 Å². The van der Waals surface area contributed by atoms with E-state index in [0.717, 1.165) is 32.1 Å². The molecule has 3 atom stereocenters. The standard InChI is InChI=1S/C23H34N4O3/c1-27(2)22(29)17-23(30)15-5-7-19(16-23)11-14-21(28)8-4-3-6-18-9-12-20(13-10-18)25-26-24/h9-14,19,21,28,30H,3-8,15-17H2,1-2H3/b14-11+. The van der Waals surface area contributed by atoms with Gasteiger partial charge in [0, 0.05) is 24.7 Å². The second-order valence-electron chi connectivity index (χ2n) is 8.60. The summed E-state index contributed by atoms with van der Waals surface area (Å²) in [5.74, 6) is 0.151. The molecule has 1 aliphatic carbocycles. The first-order chi connectivity index (χ1) is 14.3. The minimum absolute atomic E-state index is 0.0467. The summed E-state index contributed by atoms with van der Waals surface area (Å²) in [5.41, 5.74) is 9.29. The lowest BCUT2D eigenvalue weighted by molar-refractivity contribution is -0.135. The van der Waals surface area contributed by atoms with E-state index in [1.807, 2.05) is 36.4 Å². The van der Waals surface area contributed by atoms with E-state index in [9.17, 15) is 15.0 Å². The number of aliphatic hydroxyl groups is 2. The SMILES string of the molecule is CN(C)C(=O)CC1(O)CCCC(/C=C/C(O)CCCCc2ccc(N=[N+]=[N-])cc2)C1. The largest absolute Gasteiger partial charge is 0.389 e. The van der Waals surface area contributed by atoms with Crippen molar-refractivity contribution in [1.82, 2.24) is 4.90 Å². The second kappa shape index (κ2) is 11.7. The van der Waals surface area contributed by atoms with Crippen molar-refractivity contribution >= 4 is 11.6 Å². The van der Waals surface area contributed by atoms with Crippen molar-refractivity contribution in [3.05, 3.63) is 52.4 Å². The third-order valence-corrected chi connectivity index (χ3v) is 5.76. The number of aryl methyl sites for hydroxylation is 1. The molecule has 2 N–H and O–H groups in total. The Balaban J connectivity index is 1.71. The number of amides is 1. The van der Waals surface area contributed by atoms with Gasteiger partial charge in [-0.05, 0) is 62.0 Å². The van der Waals surface area contributed by atoms with E-state index in [4.69, 9.17) is 5.53 Å². The number of carbonyl (C=O) groups is 1. The number of allylic oxidation sites excluding steroid dienone is 1. The molecule has 1 aromatic carbocycles. The molecule has 1 fully saturated rings. The van der Waals surface area contributed by atoms with Crippen molar-refractivity contribution in [2.24, 2.45) is 11.0 Å². The van der Waals surface area contributed by atoms with E-state index in [-0.39, 0.29) is 18.2 Å². The highest BCUT2D eigenvalue weighted by atomic mass is 16.3. The van der Waals surface area contributed by atoms with Crippen molar-refractivity contribution in [1.29, 1.82) is 0 Å². The molecule has 0 bridgehead atoms. The van der Waals surface area contributed by atoms with Crippen LogP contribution in [0, 0.1) is 5.92 Å². The minimum atomic E-state index is -0.937. The number of nitrogens with zero attached hydrogens (tertiary/aromatic N) is 4. The lowest BCUT2D eigenvalue weighted by Gasteiger charge is -2.36. The fourth-order valence-corrected chi connectivity index (χ4v) is 4.00. The van der Waals surface area contributed by atoms with Crippen LogP contribution in [-0.4, -0.2) is 46.8 Å². The zero-order valence-corrected chi connectivity index (χ0v) is 18.1. The van der Waals surface area contributed by atoms with Crippen LogP contribution in [0.2, 0.25) is 0 Å². The molecule has 0 heterocycles. The number of hydrogen-bond donors (Lipinski definition) is 2. The Bertz CT molecular complexity index is 756. The van der Waals surface area contributed by atoms with Gasteiger partial charge in [0.2, 0.25) is 5.91 Å². The fraction of sp³-hybridized carbons (Fsp3) is 0.609. The van der Waals surface area contributed by atoms with Crippen molar-refractivity contribution in [3.63, 3.8) is 0 Å². The van der Waals surface area contributed by atoms with Gasteiger partial charge in [-0.25, -0.2) is 0 Å². The predicted molar refractivity (Wildman–Crippen MR) is 118 cm³/mol. The Kier molecular flexibility index (Phi) is 9.37. The molecule has 1 aromatic rings. The van der Waals surface area contributed by atoms with Gasteiger partial charge in [0.15, 0.2) is 0 Å². The number of azide groups is 1. The topological polar surface area (TPSA) is 110 Å². The maximum atomic E-state index is 12.0. The Hall–Kier alpha value is -2.34. The summed E-state index contributed by atoms with van der Waals surface area (Å²) >= 11 is 0. The molecular formula is C23H34N4O3. The first-order valence-electron chi connectivity index (χ1n) is 10.7. The monoisotopic (exact) mass is 414 g/mol. The van der Waals surface area contributed by atoms with Gasteiger partial charge in [0.1, 0.15) is 0 Å². The second-order valence-corrected chi connectivity index (χ2v) is 8.60. The van der Waals surface area contributed by atoms with Crippen LogP contribution in [0.25, 0.3) is 10.4 Å². The third-order valence-electron chi connectivity index (χ3n) is 5.76. The van der Waals surface area contributed by atoms with Crippen molar-refractivity contribution in [2.75, 3.05) is 14.1 Å². The van der Waals surface area contributed by atoms with Crippen LogP contribution >= 0.6 is 0 Å². The van der Waals surface area contributed by atoms with Crippen LogP contribution < -0.4 is 0 Å². The summed E-state index contributed by atoms with van der Waals surface area (Å²) in [5, 5.41) is 24.6. The van der Waals surface area contributed by atoms with Crippen molar-refractivity contribution in [2.45, 2.75) is 69.5 Å². The fourth-order valence-electron chi connectivity index (χ4n) is 4.00. The van der Waals surface area contributed by atoms with Gasteiger partial charge >= 0.3 is 0 Å². The highest BCUT2D eigenvalue weighted by Gasteiger charge is 2.35. The van der Waals surface area contributed by atoms with Crippen molar-refractivity contribution < 1.29 is 15.0 Å². The summed E-state index contributed by atoms with van der Waals surface area (Å²) in [4.78, 5) is 16.3. The highest BCUT2D eigenvalue weighted by molar-refractivity contribution is 5.76. The molecule has 7 heteroatoms. The maximum Gasteiger partial charge on any atom is 0.224 e. The van der Waals surface area contributed by atoms with E-state index >= 15 is 0 Å². The van der Waals surface area contributed by atoms with Crippen LogP contribution in [0.4, 0.5) is 5.69 Å². The van der Waals surface area contributed by atoms with Gasteiger partial charge in [-0.2, -0.15) is 0 Å². The molecule has 7 nitrogen and oxygen atoms in total. The molecule has 1 amide bonds. The molecular weight excluding hydrogens is 380 g/mol. The Labute approximate surface area is 179 Å². The smallest absolute Gasteiger partial charge is 0.224 e. The molecule has 0 saturated heterocycles. The average molecular weight is 415 g/mol.